The van der Waals surface area contributed by atoms with E-state index in [1.807, 2.05) is 78.9 Å². The third-order valence-electron chi connectivity index (χ3n) is 8.98. The molecule has 0 bridgehead atoms. The van der Waals surface area contributed by atoms with Crippen LogP contribution in [0.1, 0.15) is 6.85 Å². The van der Waals surface area contributed by atoms with E-state index in [1.54, 1.807) is 24.3 Å². The van der Waals surface area contributed by atoms with Crippen molar-refractivity contribution in [3.63, 3.8) is 0 Å². The van der Waals surface area contributed by atoms with Crippen molar-refractivity contribution in [2.75, 3.05) is 0 Å². The Morgan fingerprint density at radius 2 is 1.12 bits per heavy atom. The molecule has 50 heavy (non-hydrogen) atoms. The first-order chi connectivity index (χ1) is 26.9. The van der Waals surface area contributed by atoms with E-state index in [4.69, 9.17) is 31.2 Å². The maximum absolute atomic E-state index is 8.47. The molecule has 0 N–H and O–H groups in total. The molecule has 0 spiro atoms. The summed E-state index contributed by atoms with van der Waals surface area (Å²) >= 11 is 0. The van der Waals surface area contributed by atoms with E-state index in [1.165, 1.54) is 0 Å². The first-order valence-corrected chi connectivity index (χ1v) is 16.2. The Morgan fingerprint density at radius 1 is 0.480 bits per heavy atom. The lowest BCUT2D eigenvalue weighted by atomic mass is 10.0. The number of fused-ring (bicyclic) bond motifs is 7. The molecule has 0 saturated carbocycles. The Kier molecular flexibility index (Phi) is 5.32. The fourth-order valence-corrected chi connectivity index (χ4v) is 6.66. The van der Waals surface area contributed by atoms with E-state index in [0.29, 0.717) is 40.2 Å². The molecule has 0 atom stereocenters. The molecule has 3 aromatic heterocycles. The minimum Gasteiger partial charge on any atom is -0.435 e. The Balaban J connectivity index is 1.20. The maximum atomic E-state index is 8.47. The van der Waals surface area contributed by atoms with Crippen LogP contribution in [0.15, 0.2) is 168 Å². The van der Waals surface area contributed by atoms with Crippen molar-refractivity contribution < 1.29 is 11.3 Å². The standard InChI is InChI=1S/C44H27N5O/c1-4-12-28(13-5-1)29-20-22-32(23-21-29)42-46-41(31-14-6-2-7-15-31)47-44(48-42)49-36-19-11-10-18-34(36)39-37(49)27-25-30-24-26-35-40(38(30)39)50-43(45-35)33-16-8-3-9-17-33/h1-27H/i1D,4D,5D,12D,13D. The molecular weight excluding hydrogens is 615 g/mol. The third-order valence-corrected chi connectivity index (χ3v) is 8.98. The topological polar surface area (TPSA) is 69.6 Å². The lowest BCUT2D eigenvalue weighted by Crippen LogP contribution is -2.06. The molecule has 0 saturated heterocycles. The largest absolute Gasteiger partial charge is 0.435 e. The third kappa shape index (κ3) is 4.58. The van der Waals surface area contributed by atoms with Gasteiger partial charge in [0.1, 0.15) is 5.52 Å². The van der Waals surface area contributed by atoms with Gasteiger partial charge >= 0.3 is 0 Å². The quantitative estimate of drug-likeness (QED) is 0.186. The Morgan fingerprint density at radius 3 is 1.88 bits per heavy atom. The molecule has 0 amide bonds. The zero-order valence-electron chi connectivity index (χ0n) is 31.3. The van der Waals surface area contributed by atoms with Crippen LogP contribution in [0.5, 0.6) is 0 Å². The van der Waals surface area contributed by atoms with Gasteiger partial charge in [0, 0.05) is 32.8 Å². The van der Waals surface area contributed by atoms with Crippen LogP contribution in [0, 0.1) is 0 Å². The normalized spacial score (nSPS) is 13.0. The van der Waals surface area contributed by atoms with E-state index in [0.717, 1.165) is 49.2 Å². The number of para-hydroxylation sites is 1. The first kappa shape index (κ1) is 23.4. The van der Waals surface area contributed by atoms with Crippen LogP contribution in [0.3, 0.4) is 0 Å². The van der Waals surface area contributed by atoms with Crippen molar-refractivity contribution in [3.05, 3.63) is 164 Å². The molecular formula is C44H27N5O. The smallest absolute Gasteiger partial charge is 0.238 e. The number of aromatic nitrogens is 5. The van der Waals surface area contributed by atoms with Crippen LogP contribution in [0.2, 0.25) is 0 Å². The summed E-state index contributed by atoms with van der Waals surface area (Å²) in [6, 6.07) is 41.3. The number of hydrogen-bond donors (Lipinski definition) is 0. The minimum atomic E-state index is -0.429. The van der Waals surface area contributed by atoms with E-state index >= 15 is 0 Å². The highest BCUT2D eigenvalue weighted by molar-refractivity contribution is 6.26. The molecule has 10 rings (SSSR count). The van der Waals surface area contributed by atoms with E-state index in [-0.39, 0.29) is 29.7 Å². The molecule has 0 fully saturated rings. The Labute approximate surface area is 294 Å². The SMILES string of the molecule is [2H]c1c([2H])c([2H])c(-c2ccc(-c3nc(-c4ccccc4)nc(-n4c5ccccc5c5c6c(ccc7nc(-c8ccccc8)oc76)ccc54)n3)cc2)c([2H])c1[2H]. The highest BCUT2D eigenvalue weighted by atomic mass is 16.3. The van der Waals surface area contributed by atoms with Crippen LogP contribution in [-0.4, -0.2) is 24.5 Å². The Hall–Kier alpha value is -6.92. The molecule has 7 aromatic carbocycles. The molecule has 0 aliphatic heterocycles. The molecule has 10 aromatic rings. The van der Waals surface area contributed by atoms with Gasteiger partial charge in [0.15, 0.2) is 17.2 Å². The second-order valence-electron chi connectivity index (χ2n) is 11.9. The number of rotatable bonds is 5. The fraction of sp³-hybridized carbons (Fsp3) is 0. The highest BCUT2D eigenvalue weighted by Crippen LogP contribution is 2.41. The highest BCUT2D eigenvalue weighted by Gasteiger charge is 2.21. The molecule has 0 radical (unpaired) electrons. The van der Waals surface area contributed by atoms with Crippen LogP contribution in [0.25, 0.3) is 95.0 Å². The van der Waals surface area contributed by atoms with Crippen LogP contribution < -0.4 is 0 Å². The average molecular weight is 647 g/mol. The summed E-state index contributed by atoms with van der Waals surface area (Å²) in [7, 11) is 0. The van der Waals surface area contributed by atoms with Crippen molar-refractivity contribution in [3.8, 4) is 51.3 Å². The first-order valence-electron chi connectivity index (χ1n) is 18.7. The van der Waals surface area contributed by atoms with Crippen LogP contribution in [0.4, 0.5) is 0 Å². The lowest BCUT2D eigenvalue weighted by Gasteiger charge is -2.11. The van der Waals surface area contributed by atoms with Crippen molar-refractivity contribution in [1.82, 2.24) is 24.5 Å². The average Bonchev–Trinajstić information content (AvgIpc) is 3.83. The van der Waals surface area contributed by atoms with Gasteiger partial charge in [0.05, 0.1) is 17.9 Å². The van der Waals surface area contributed by atoms with Gasteiger partial charge in [-0.2, -0.15) is 9.97 Å². The summed E-state index contributed by atoms with van der Waals surface area (Å²) in [5.41, 5.74) is 6.24. The van der Waals surface area contributed by atoms with Crippen molar-refractivity contribution in [2.45, 2.75) is 0 Å². The number of benzene rings is 7. The second kappa shape index (κ2) is 11.4. The lowest BCUT2D eigenvalue weighted by molar-refractivity contribution is 0.623. The summed E-state index contributed by atoms with van der Waals surface area (Å²) in [5.74, 6) is 1.86. The molecule has 0 aliphatic rings. The van der Waals surface area contributed by atoms with Crippen LogP contribution in [-0.2, 0) is 0 Å². The van der Waals surface area contributed by atoms with Gasteiger partial charge in [-0.15, -0.1) is 0 Å². The summed E-state index contributed by atoms with van der Waals surface area (Å²) in [5, 5.41) is 3.94. The van der Waals surface area contributed by atoms with Gasteiger partial charge in [-0.1, -0.05) is 133 Å². The predicted octanol–water partition coefficient (Wildman–Crippen LogP) is 10.9. The Bertz CT molecular complexity index is 3120. The number of oxazole rings is 1. The van der Waals surface area contributed by atoms with E-state index in [9.17, 15) is 0 Å². The fourth-order valence-electron chi connectivity index (χ4n) is 6.66. The van der Waals surface area contributed by atoms with Gasteiger partial charge in [0.25, 0.3) is 0 Å². The summed E-state index contributed by atoms with van der Waals surface area (Å²) in [6.07, 6.45) is 0. The minimum absolute atomic E-state index is 0.133. The predicted molar refractivity (Wildman–Crippen MR) is 201 cm³/mol. The molecule has 3 heterocycles. The zero-order chi connectivity index (χ0) is 37.4. The molecule has 234 valence electrons. The molecule has 0 aliphatic carbocycles. The zero-order valence-corrected chi connectivity index (χ0v) is 26.3. The van der Waals surface area contributed by atoms with Crippen molar-refractivity contribution >= 4 is 43.7 Å². The van der Waals surface area contributed by atoms with Crippen molar-refractivity contribution in [2.24, 2.45) is 0 Å². The summed E-state index contributed by atoms with van der Waals surface area (Å²) in [6.45, 7) is 0. The van der Waals surface area contributed by atoms with Gasteiger partial charge in [-0.3, -0.25) is 4.57 Å². The van der Waals surface area contributed by atoms with Crippen LogP contribution >= 0.6 is 0 Å². The molecule has 6 nitrogen and oxygen atoms in total. The summed E-state index contributed by atoms with van der Waals surface area (Å²) < 4.78 is 49.8. The monoisotopic (exact) mass is 646 g/mol. The van der Waals surface area contributed by atoms with Gasteiger partial charge < -0.3 is 4.42 Å². The van der Waals surface area contributed by atoms with Gasteiger partial charge in [0.2, 0.25) is 11.8 Å². The maximum Gasteiger partial charge on any atom is 0.238 e. The second-order valence-corrected chi connectivity index (χ2v) is 11.9. The van der Waals surface area contributed by atoms with Gasteiger partial charge in [-0.25, -0.2) is 9.97 Å². The molecule has 6 heteroatoms. The van der Waals surface area contributed by atoms with Gasteiger partial charge in [-0.05, 0) is 46.8 Å². The number of hydrogen-bond acceptors (Lipinski definition) is 5. The summed E-state index contributed by atoms with van der Waals surface area (Å²) in [4.78, 5) is 19.9. The van der Waals surface area contributed by atoms with E-state index < -0.39 is 6.04 Å². The number of nitrogens with zero attached hydrogens (tertiary/aromatic N) is 5. The molecule has 0 unspecified atom stereocenters. The van der Waals surface area contributed by atoms with E-state index in [2.05, 4.69) is 34.9 Å². The van der Waals surface area contributed by atoms with Crippen molar-refractivity contribution in [1.29, 1.82) is 0 Å².